The fraction of sp³-hybridized carbons (Fsp3) is 0.588. The van der Waals surface area contributed by atoms with E-state index in [0.717, 1.165) is 38.0 Å². The summed E-state index contributed by atoms with van der Waals surface area (Å²) >= 11 is 0. The lowest BCUT2D eigenvalue weighted by Crippen LogP contribution is -2.28. The van der Waals surface area contributed by atoms with E-state index in [4.69, 9.17) is 10.5 Å². The van der Waals surface area contributed by atoms with Crippen molar-refractivity contribution in [2.24, 2.45) is 11.7 Å². The molecule has 3 N–H and O–H groups in total. The number of hydrogen-bond donors (Lipinski definition) is 2. The molecule has 4 nitrogen and oxygen atoms in total. The third-order valence-electron chi connectivity index (χ3n) is 4.76. The normalized spacial score (nSPS) is 26.9. The van der Waals surface area contributed by atoms with Gasteiger partial charge in [0.25, 0.3) is 0 Å². The lowest BCUT2D eigenvalue weighted by Gasteiger charge is -2.25. The van der Waals surface area contributed by atoms with Crippen LogP contribution in [-0.2, 0) is 16.0 Å². The zero-order valence-corrected chi connectivity index (χ0v) is 12.6. The molecular formula is C17H24N2O2. The molecule has 0 saturated carbocycles. The summed E-state index contributed by atoms with van der Waals surface area (Å²) in [7, 11) is 0. The summed E-state index contributed by atoms with van der Waals surface area (Å²) in [6, 6.07) is 6.25. The lowest BCUT2D eigenvalue weighted by molar-refractivity contribution is -0.116. The van der Waals surface area contributed by atoms with E-state index in [0.29, 0.717) is 12.3 Å². The van der Waals surface area contributed by atoms with Crippen LogP contribution in [0.5, 0.6) is 0 Å². The van der Waals surface area contributed by atoms with Gasteiger partial charge in [0.2, 0.25) is 5.91 Å². The van der Waals surface area contributed by atoms with Crippen LogP contribution in [0.3, 0.4) is 0 Å². The SMILES string of the molecule is CCC1OCCC1C(N)c1ccc2c(c1)CCCC(=O)N2. The summed E-state index contributed by atoms with van der Waals surface area (Å²) in [6.07, 6.45) is 4.77. The highest BCUT2D eigenvalue weighted by molar-refractivity contribution is 5.92. The van der Waals surface area contributed by atoms with Gasteiger partial charge in [-0.2, -0.15) is 0 Å². The lowest BCUT2D eigenvalue weighted by atomic mass is 9.86. The molecule has 3 rings (SSSR count). The molecule has 4 heteroatoms. The van der Waals surface area contributed by atoms with E-state index >= 15 is 0 Å². The van der Waals surface area contributed by atoms with Crippen molar-refractivity contribution in [3.63, 3.8) is 0 Å². The van der Waals surface area contributed by atoms with E-state index in [1.807, 2.05) is 6.07 Å². The highest BCUT2D eigenvalue weighted by Crippen LogP contribution is 2.35. The fourth-order valence-corrected chi connectivity index (χ4v) is 3.55. The Balaban J connectivity index is 1.83. The summed E-state index contributed by atoms with van der Waals surface area (Å²) in [6.45, 7) is 2.97. The molecule has 2 heterocycles. The Hall–Kier alpha value is -1.39. The zero-order valence-electron chi connectivity index (χ0n) is 12.6. The molecule has 1 amide bonds. The Morgan fingerprint density at radius 3 is 3.10 bits per heavy atom. The summed E-state index contributed by atoms with van der Waals surface area (Å²) in [5.41, 5.74) is 9.82. The van der Waals surface area contributed by atoms with Gasteiger partial charge >= 0.3 is 0 Å². The van der Waals surface area contributed by atoms with Crippen molar-refractivity contribution in [3.8, 4) is 0 Å². The van der Waals surface area contributed by atoms with Crippen molar-refractivity contribution in [2.75, 3.05) is 11.9 Å². The van der Waals surface area contributed by atoms with Gasteiger partial charge in [0.15, 0.2) is 0 Å². The van der Waals surface area contributed by atoms with Crippen molar-refractivity contribution < 1.29 is 9.53 Å². The standard InChI is InChI=1S/C17H24N2O2/c1-2-15-13(8-9-21-15)17(18)12-6-7-14-11(10-12)4-3-5-16(20)19-14/h6-7,10,13,15,17H,2-5,8-9,18H2,1H3,(H,19,20). The third-order valence-corrected chi connectivity index (χ3v) is 4.76. The van der Waals surface area contributed by atoms with Gasteiger partial charge in [-0.25, -0.2) is 0 Å². The molecule has 0 aliphatic carbocycles. The minimum absolute atomic E-state index is 0.0155. The first-order chi connectivity index (χ1) is 10.2. The number of nitrogens with one attached hydrogen (secondary N) is 1. The van der Waals surface area contributed by atoms with E-state index in [9.17, 15) is 4.79 Å². The molecule has 3 atom stereocenters. The Kier molecular flexibility index (Phi) is 4.27. The second-order valence-corrected chi connectivity index (χ2v) is 6.11. The number of carbonyl (C=O) groups is 1. The van der Waals surface area contributed by atoms with Gasteiger partial charge in [-0.05, 0) is 42.9 Å². The third kappa shape index (κ3) is 2.97. The van der Waals surface area contributed by atoms with Gasteiger partial charge in [-0.1, -0.05) is 19.1 Å². The molecule has 114 valence electrons. The molecule has 3 unspecified atom stereocenters. The van der Waals surface area contributed by atoms with E-state index < -0.39 is 0 Å². The Morgan fingerprint density at radius 2 is 2.29 bits per heavy atom. The molecule has 2 aliphatic heterocycles. The summed E-state index contributed by atoms with van der Waals surface area (Å²) in [5.74, 6) is 0.509. The predicted molar refractivity (Wildman–Crippen MR) is 83.1 cm³/mol. The van der Waals surface area contributed by atoms with Crippen molar-refractivity contribution in [2.45, 2.75) is 51.2 Å². The van der Waals surface area contributed by atoms with Crippen molar-refractivity contribution in [1.29, 1.82) is 0 Å². The molecule has 2 aliphatic rings. The molecule has 1 aromatic carbocycles. The van der Waals surface area contributed by atoms with Crippen molar-refractivity contribution in [3.05, 3.63) is 29.3 Å². The molecule has 0 aromatic heterocycles. The smallest absolute Gasteiger partial charge is 0.224 e. The monoisotopic (exact) mass is 288 g/mol. The van der Waals surface area contributed by atoms with E-state index in [1.165, 1.54) is 11.1 Å². The maximum absolute atomic E-state index is 11.6. The van der Waals surface area contributed by atoms with E-state index in [-0.39, 0.29) is 18.1 Å². The maximum Gasteiger partial charge on any atom is 0.224 e. The van der Waals surface area contributed by atoms with Gasteiger partial charge < -0.3 is 15.8 Å². The molecule has 0 bridgehead atoms. The Morgan fingerprint density at radius 1 is 1.43 bits per heavy atom. The average Bonchev–Trinajstić information content (AvgIpc) is 2.88. The van der Waals surface area contributed by atoms with Crippen LogP contribution >= 0.6 is 0 Å². The van der Waals surface area contributed by atoms with Crippen LogP contribution < -0.4 is 11.1 Å². The van der Waals surface area contributed by atoms with Gasteiger partial charge in [0.1, 0.15) is 0 Å². The minimum Gasteiger partial charge on any atom is -0.378 e. The van der Waals surface area contributed by atoms with Gasteiger partial charge in [-0.15, -0.1) is 0 Å². The molecule has 0 spiro atoms. The second kappa shape index (κ2) is 6.16. The molecule has 0 radical (unpaired) electrons. The quantitative estimate of drug-likeness (QED) is 0.899. The maximum atomic E-state index is 11.6. The number of ether oxygens (including phenoxy) is 1. The summed E-state index contributed by atoms with van der Waals surface area (Å²) in [4.78, 5) is 11.6. The van der Waals surface area contributed by atoms with Crippen LogP contribution in [0, 0.1) is 5.92 Å². The highest BCUT2D eigenvalue weighted by Gasteiger charge is 2.32. The molecular weight excluding hydrogens is 264 g/mol. The molecule has 1 aromatic rings. The van der Waals surface area contributed by atoms with Gasteiger partial charge in [0.05, 0.1) is 6.10 Å². The van der Waals surface area contributed by atoms with Gasteiger partial charge in [-0.3, -0.25) is 4.79 Å². The number of anilines is 1. The summed E-state index contributed by atoms with van der Waals surface area (Å²) < 4.78 is 5.77. The zero-order chi connectivity index (χ0) is 14.8. The molecule has 1 fully saturated rings. The number of nitrogens with two attached hydrogens (primary N) is 1. The Labute approximate surface area is 126 Å². The van der Waals surface area contributed by atoms with Crippen LogP contribution in [0.2, 0.25) is 0 Å². The number of rotatable bonds is 3. The number of carbonyl (C=O) groups excluding carboxylic acids is 1. The van der Waals surface area contributed by atoms with Gasteiger partial charge in [0, 0.05) is 30.7 Å². The van der Waals surface area contributed by atoms with Crippen LogP contribution in [0.25, 0.3) is 0 Å². The summed E-state index contributed by atoms with van der Waals surface area (Å²) in [5, 5.41) is 2.97. The van der Waals surface area contributed by atoms with E-state index in [1.54, 1.807) is 0 Å². The van der Waals surface area contributed by atoms with Crippen LogP contribution in [0.15, 0.2) is 18.2 Å². The largest absolute Gasteiger partial charge is 0.378 e. The van der Waals surface area contributed by atoms with Crippen LogP contribution in [0.1, 0.15) is 49.8 Å². The van der Waals surface area contributed by atoms with Crippen LogP contribution in [0.4, 0.5) is 5.69 Å². The number of aryl methyl sites for hydroxylation is 1. The highest BCUT2D eigenvalue weighted by atomic mass is 16.5. The first kappa shape index (κ1) is 14.5. The Bertz CT molecular complexity index is 530. The predicted octanol–water partition coefficient (Wildman–Crippen LogP) is 2.78. The number of fused-ring (bicyclic) bond motifs is 1. The first-order valence-corrected chi connectivity index (χ1v) is 7.99. The van der Waals surface area contributed by atoms with Crippen LogP contribution in [-0.4, -0.2) is 18.6 Å². The second-order valence-electron chi connectivity index (χ2n) is 6.11. The number of benzene rings is 1. The molecule has 1 saturated heterocycles. The number of hydrogen-bond acceptors (Lipinski definition) is 3. The average molecular weight is 288 g/mol. The molecule has 21 heavy (non-hydrogen) atoms. The minimum atomic E-state index is 0.0155. The van der Waals surface area contributed by atoms with Crippen molar-refractivity contribution in [1.82, 2.24) is 0 Å². The van der Waals surface area contributed by atoms with Crippen molar-refractivity contribution >= 4 is 11.6 Å². The van der Waals surface area contributed by atoms with E-state index in [2.05, 4.69) is 24.4 Å². The number of amides is 1. The topological polar surface area (TPSA) is 64.3 Å². The first-order valence-electron chi connectivity index (χ1n) is 7.99. The fourth-order valence-electron chi connectivity index (χ4n) is 3.55.